The summed E-state index contributed by atoms with van der Waals surface area (Å²) in [6.07, 6.45) is 0. The SMILES string of the molecule is CCOC(=O)c1ccccc1.CCOc1cc([As](=O)(O)O)c(O)c(OCC)c1NC(C)=O. The fourth-order valence-electron chi connectivity index (χ4n) is 2.47. The normalized spacial score (nSPS) is 10.4. The molecule has 4 N–H and O–H groups in total. The molecule has 0 saturated heterocycles. The van der Waals surface area contributed by atoms with Gasteiger partial charge in [0.25, 0.3) is 0 Å². The molecule has 0 aliphatic carbocycles. The molecule has 1 amide bonds. The van der Waals surface area contributed by atoms with E-state index < -0.39 is 30.2 Å². The molecule has 2 aromatic carbocycles. The molecule has 0 radical (unpaired) electrons. The predicted octanol–water partition coefficient (Wildman–Crippen LogP) is 1.57. The molecule has 0 bridgehead atoms. The zero-order chi connectivity index (χ0) is 24.3. The van der Waals surface area contributed by atoms with Crippen LogP contribution in [0.15, 0.2) is 36.4 Å². The van der Waals surface area contributed by atoms with Crippen molar-refractivity contribution in [2.45, 2.75) is 27.7 Å². The van der Waals surface area contributed by atoms with Crippen molar-refractivity contribution in [2.24, 2.45) is 0 Å². The Balaban J connectivity index is 0.000000389. The first-order valence-corrected chi connectivity index (χ1v) is 13.2. The Morgan fingerprint density at radius 1 is 1.00 bits per heavy atom. The second kappa shape index (κ2) is 12.8. The Bertz CT molecular complexity index is 957. The summed E-state index contributed by atoms with van der Waals surface area (Å²) in [5.41, 5.74) is 0.644. The van der Waals surface area contributed by atoms with E-state index in [4.69, 9.17) is 14.2 Å². The second-order valence-electron chi connectivity index (χ2n) is 6.12. The summed E-state index contributed by atoms with van der Waals surface area (Å²) in [4.78, 5) is 22.3. The number of carbonyl (C=O) groups excluding carboxylic acids is 2. The zero-order valence-electron chi connectivity index (χ0n) is 18.3. The zero-order valence-corrected chi connectivity index (χ0v) is 20.2. The van der Waals surface area contributed by atoms with Gasteiger partial charge in [0, 0.05) is 0 Å². The van der Waals surface area contributed by atoms with E-state index in [0.29, 0.717) is 12.2 Å². The minimum atomic E-state index is -5.39. The molecule has 32 heavy (non-hydrogen) atoms. The van der Waals surface area contributed by atoms with Gasteiger partial charge >= 0.3 is 130 Å². The minimum absolute atomic E-state index is 0.0219. The van der Waals surface area contributed by atoms with Gasteiger partial charge in [-0.25, -0.2) is 4.79 Å². The molecule has 2 rings (SSSR count). The number of benzene rings is 2. The first-order chi connectivity index (χ1) is 15.1. The van der Waals surface area contributed by atoms with Gasteiger partial charge in [0.1, 0.15) is 0 Å². The Morgan fingerprint density at radius 3 is 2.06 bits per heavy atom. The first kappa shape index (κ1) is 27.1. The molecule has 0 aromatic heterocycles. The molecule has 0 unspecified atom stereocenters. The fraction of sp³-hybridized carbons (Fsp3) is 0.333. The molecule has 2 aromatic rings. The molecule has 0 heterocycles. The summed E-state index contributed by atoms with van der Waals surface area (Å²) in [5.74, 6) is -1.60. The van der Waals surface area contributed by atoms with E-state index in [0.717, 1.165) is 6.07 Å². The van der Waals surface area contributed by atoms with E-state index >= 15 is 0 Å². The number of aromatic hydroxyl groups is 1. The maximum absolute atomic E-state index is 11.5. The topological polar surface area (TPSA) is 152 Å². The number of hydrogen-bond acceptors (Lipinski definition) is 7. The Kier molecular flexibility index (Phi) is 10.8. The summed E-state index contributed by atoms with van der Waals surface area (Å²) in [5, 5.41) is 12.5. The van der Waals surface area contributed by atoms with Crippen molar-refractivity contribution < 1.29 is 40.8 Å². The second-order valence-corrected chi connectivity index (χ2v) is 9.42. The summed E-state index contributed by atoms with van der Waals surface area (Å²) >= 11 is -5.39. The number of ether oxygens (including phenoxy) is 3. The van der Waals surface area contributed by atoms with Crippen LogP contribution in [0.2, 0.25) is 0 Å². The first-order valence-electron chi connectivity index (χ1n) is 9.78. The van der Waals surface area contributed by atoms with Crippen molar-refractivity contribution in [3.05, 3.63) is 42.0 Å². The number of hydrogen-bond donors (Lipinski definition) is 4. The monoisotopic (exact) mass is 513 g/mol. The van der Waals surface area contributed by atoms with Gasteiger partial charge in [0.2, 0.25) is 0 Å². The van der Waals surface area contributed by atoms with Gasteiger partial charge in [-0.15, -0.1) is 0 Å². The van der Waals surface area contributed by atoms with Crippen LogP contribution in [0.3, 0.4) is 0 Å². The Labute approximate surface area is 189 Å². The van der Waals surface area contributed by atoms with Crippen LogP contribution in [-0.2, 0) is 13.3 Å². The molecule has 0 saturated carbocycles. The van der Waals surface area contributed by atoms with Crippen LogP contribution >= 0.6 is 0 Å². The van der Waals surface area contributed by atoms with E-state index in [1.807, 2.05) is 18.2 Å². The quantitative estimate of drug-likeness (QED) is 0.305. The number of nitrogens with one attached hydrogen (secondary N) is 1. The summed E-state index contributed by atoms with van der Waals surface area (Å²) < 4.78 is 44.9. The van der Waals surface area contributed by atoms with Crippen LogP contribution in [0.4, 0.5) is 5.69 Å². The van der Waals surface area contributed by atoms with Crippen LogP contribution in [0.25, 0.3) is 0 Å². The van der Waals surface area contributed by atoms with Gasteiger partial charge in [-0.3, -0.25) is 0 Å². The van der Waals surface area contributed by atoms with E-state index in [-0.39, 0.29) is 36.4 Å². The van der Waals surface area contributed by atoms with Crippen LogP contribution in [0.5, 0.6) is 17.2 Å². The number of amides is 1. The van der Waals surface area contributed by atoms with E-state index in [1.165, 1.54) is 6.92 Å². The van der Waals surface area contributed by atoms with Crippen LogP contribution < -0.4 is 19.1 Å². The Hall–Kier alpha value is -2.94. The average Bonchev–Trinajstić information content (AvgIpc) is 2.73. The summed E-state index contributed by atoms with van der Waals surface area (Å²) in [6, 6.07) is 9.98. The number of anilines is 1. The standard InChI is InChI=1S/C12H18AsNO7.C9H10O2/c1-4-20-9-6-8(13(17,18)19)11(16)12(21-5-2)10(9)14-7(3)15;1-2-11-9(10)8-6-4-3-5-7-8/h6,16H,4-5H2,1-3H3,(H,14,15)(H2,17,18,19);3-7H,2H2,1H3. The molecule has 176 valence electrons. The van der Waals surface area contributed by atoms with Gasteiger partial charge < -0.3 is 4.74 Å². The van der Waals surface area contributed by atoms with Gasteiger partial charge in [-0.05, 0) is 19.1 Å². The third-order valence-corrected chi connectivity index (χ3v) is 5.72. The van der Waals surface area contributed by atoms with Gasteiger partial charge in [-0.2, -0.15) is 0 Å². The third-order valence-electron chi connectivity index (χ3n) is 3.69. The molecule has 10 nitrogen and oxygen atoms in total. The third kappa shape index (κ3) is 7.96. The van der Waals surface area contributed by atoms with Crippen LogP contribution in [-0.4, -0.2) is 59.2 Å². The van der Waals surface area contributed by atoms with Gasteiger partial charge in [-0.1, -0.05) is 18.2 Å². The van der Waals surface area contributed by atoms with Gasteiger partial charge in [0.05, 0.1) is 12.2 Å². The molecule has 0 fully saturated rings. The molecule has 0 aliphatic heterocycles. The van der Waals surface area contributed by atoms with Crippen molar-refractivity contribution in [1.29, 1.82) is 0 Å². The molecular weight excluding hydrogens is 485 g/mol. The van der Waals surface area contributed by atoms with Crippen molar-refractivity contribution >= 4 is 36.1 Å². The number of rotatable bonds is 8. The molecule has 0 atom stereocenters. The summed E-state index contributed by atoms with van der Waals surface area (Å²) in [6.45, 7) is 7.11. The van der Waals surface area contributed by atoms with Gasteiger partial charge in [0.15, 0.2) is 0 Å². The predicted molar refractivity (Wildman–Crippen MR) is 118 cm³/mol. The number of esters is 1. The van der Waals surface area contributed by atoms with Crippen molar-refractivity contribution in [1.82, 2.24) is 0 Å². The van der Waals surface area contributed by atoms with Crippen molar-refractivity contribution in [2.75, 3.05) is 25.1 Å². The number of phenols is 1. The molecule has 0 spiro atoms. The Morgan fingerprint density at radius 2 is 1.59 bits per heavy atom. The molecule has 0 aliphatic rings. The number of phenolic OH excluding ortho intramolecular Hbond substituents is 1. The van der Waals surface area contributed by atoms with E-state index in [1.54, 1.807) is 32.9 Å². The maximum atomic E-state index is 11.5. The molecule has 11 heteroatoms. The van der Waals surface area contributed by atoms with Crippen molar-refractivity contribution in [3.63, 3.8) is 0 Å². The van der Waals surface area contributed by atoms with Crippen LogP contribution in [0.1, 0.15) is 38.1 Å². The molecular formula is C21H28AsNO9. The fourth-order valence-corrected chi connectivity index (χ4v) is 3.86. The average molecular weight is 513 g/mol. The number of carbonyl (C=O) groups is 2. The van der Waals surface area contributed by atoms with Crippen molar-refractivity contribution in [3.8, 4) is 17.2 Å². The van der Waals surface area contributed by atoms with E-state index in [9.17, 15) is 26.6 Å². The van der Waals surface area contributed by atoms with Crippen LogP contribution in [0, 0.1) is 0 Å². The van der Waals surface area contributed by atoms with E-state index in [2.05, 4.69) is 5.32 Å². The summed E-state index contributed by atoms with van der Waals surface area (Å²) in [7, 11) is 0.